The van der Waals surface area contributed by atoms with Crippen molar-refractivity contribution < 1.29 is 4.79 Å². The third kappa shape index (κ3) is 3.08. The third-order valence-corrected chi connectivity index (χ3v) is 3.37. The SMILES string of the molecule is Cc1cccc(C(C)(CCC#N)C(=O)CCl)c1. The van der Waals surface area contributed by atoms with Crippen LogP contribution in [0.1, 0.15) is 30.9 Å². The van der Waals surface area contributed by atoms with Gasteiger partial charge in [0.15, 0.2) is 5.78 Å². The number of carbonyl (C=O) groups is 1. The normalized spacial score (nSPS) is 13.8. The third-order valence-electron chi connectivity index (χ3n) is 3.13. The van der Waals surface area contributed by atoms with Crippen LogP contribution in [0.3, 0.4) is 0 Å². The van der Waals surface area contributed by atoms with Crippen molar-refractivity contribution in [3.63, 3.8) is 0 Å². The number of benzene rings is 1. The number of alkyl halides is 1. The highest BCUT2D eigenvalue weighted by Crippen LogP contribution is 2.31. The Morgan fingerprint density at radius 3 is 2.76 bits per heavy atom. The van der Waals surface area contributed by atoms with Gasteiger partial charge >= 0.3 is 0 Å². The van der Waals surface area contributed by atoms with E-state index in [2.05, 4.69) is 6.07 Å². The molecule has 1 atom stereocenters. The van der Waals surface area contributed by atoms with E-state index in [0.717, 1.165) is 11.1 Å². The topological polar surface area (TPSA) is 40.9 Å². The van der Waals surface area contributed by atoms with Gasteiger partial charge in [0.05, 0.1) is 17.4 Å². The standard InChI is InChI=1S/C14H16ClNO/c1-11-5-3-6-12(9-11)14(2,7-4-8-16)13(17)10-15/h3,5-6,9H,4,7,10H2,1-2H3. The molecule has 3 heteroatoms. The fourth-order valence-corrected chi connectivity index (χ4v) is 2.18. The fourth-order valence-electron chi connectivity index (χ4n) is 1.89. The van der Waals surface area contributed by atoms with Crippen molar-refractivity contribution in [2.75, 3.05) is 5.88 Å². The van der Waals surface area contributed by atoms with Gasteiger partial charge in [-0.15, -0.1) is 11.6 Å². The van der Waals surface area contributed by atoms with Crippen molar-refractivity contribution in [3.05, 3.63) is 35.4 Å². The molecular formula is C14H16ClNO. The monoisotopic (exact) mass is 249 g/mol. The average molecular weight is 250 g/mol. The number of rotatable bonds is 5. The molecule has 1 aromatic carbocycles. The van der Waals surface area contributed by atoms with Gasteiger partial charge in [0.25, 0.3) is 0 Å². The zero-order valence-electron chi connectivity index (χ0n) is 10.2. The van der Waals surface area contributed by atoms with Crippen molar-refractivity contribution in [2.45, 2.75) is 32.1 Å². The molecule has 0 aliphatic carbocycles. The highest BCUT2D eigenvalue weighted by molar-refractivity contribution is 6.29. The van der Waals surface area contributed by atoms with Crippen molar-refractivity contribution >= 4 is 17.4 Å². The molecule has 0 saturated carbocycles. The van der Waals surface area contributed by atoms with Crippen LogP contribution in [-0.2, 0) is 10.2 Å². The minimum Gasteiger partial charge on any atom is -0.297 e. The smallest absolute Gasteiger partial charge is 0.157 e. The Balaban J connectivity index is 3.14. The Labute approximate surface area is 107 Å². The molecular weight excluding hydrogens is 234 g/mol. The van der Waals surface area contributed by atoms with Crippen molar-refractivity contribution in [2.24, 2.45) is 0 Å². The van der Waals surface area contributed by atoms with Crippen molar-refractivity contribution in [1.29, 1.82) is 5.26 Å². The maximum absolute atomic E-state index is 12.0. The predicted octanol–water partition coefficient (Wildman–Crippen LogP) is 3.36. The molecule has 1 rings (SSSR count). The summed E-state index contributed by atoms with van der Waals surface area (Å²) in [4.78, 5) is 12.0. The average Bonchev–Trinajstić information content (AvgIpc) is 2.34. The van der Waals surface area contributed by atoms with E-state index in [1.54, 1.807) is 0 Å². The van der Waals surface area contributed by atoms with E-state index in [4.69, 9.17) is 16.9 Å². The molecule has 1 aromatic rings. The lowest BCUT2D eigenvalue weighted by molar-refractivity contribution is -0.121. The first-order chi connectivity index (χ1) is 8.04. The van der Waals surface area contributed by atoms with Crippen LogP contribution in [0.4, 0.5) is 0 Å². The molecule has 90 valence electrons. The van der Waals surface area contributed by atoms with Crippen LogP contribution in [0.15, 0.2) is 24.3 Å². The summed E-state index contributed by atoms with van der Waals surface area (Å²) in [6, 6.07) is 9.92. The van der Waals surface area contributed by atoms with Crippen LogP contribution in [0.2, 0.25) is 0 Å². The number of carbonyl (C=O) groups excluding carboxylic acids is 1. The number of halogens is 1. The molecule has 0 aromatic heterocycles. The lowest BCUT2D eigenvalue weighted by Gasteiger charge is -2.27. The van der Waals surface area contributed by atoms with Gasteiger partial charge in [-0.3, -0.25) is 4.79 Å². The molecule has 0 heterocycles. The van der Waals surface area contributed by atoms with Crippen LogP contribution in [0.25, 0.3) is 0 Å². The van der Waals surface area contributed by atoms with E-state index >= 15 is 0 Å². The van der Waals surface area contributed by atoms with Gasteiger partial charge in [0.2, 0.25) is 0 Å². The van der Waals surface area contributed by atoms with Gasteiger partial charge in [0, 0.05) is 6.42 Å². The number of hydrogen-bond acceptors (Lipinski definition) is 2. The Kier molecular flexibility index (Phi) is 4.72. The number of Topliss-reactive ketones (excluding diaryl/α,β-unsaturated/α-hetero) is 1. The molecule has 0 radical (unpaired) electrons. The molecule has 2 nitrogen and oxygen atoms in total. The second-order valence-corrected chi connectivity index (χ2v) is 4.68. The van der Waals surface area contributed by atoms with Gasteiger partial charge in [-0.1, -0.05) is 29.8 Å². The number of nitriles is 1. The maximum atomic E-state index is 12.0. The number of hydrogen-bond donors (Lipinski definition) is 0. The van der Waals surface area contributed by atoms with Gasteiger partial charge in [-0.05, 0) is 25.8 Å². The summed E-state index contributed by atoms with van der Waals surface area (Å²) in [6.45, 7) is 3.85. The maximum Gasteiger partial charge on any atom is 0.157 e. The molecule has 0 saturated heterocycles. The van der Waals surface area contributed by atoms with Gasteiger partial charge < -0.3 is 0 Å². The number of ketones is 1. The summed E-state index contributed by atoms with van der Waals surface area (Å²) in [5.41, 5.74) is 1.40. The van der Waals surface area contributed by atoms with Gasteiger partial charge in [-0.25, -0.2) is 0 Å². The second-order valence-electron chi connectivity index (χ2n) is 4.42. The van der Waals surface area contributed by atoms with E-state index in [1.165, 1.54) is 0 Å². The molecule has 0 spiro atoms. The Morgan fingerprint density at radius 1 is 1.53 bits per heavy atom. The van der Waals surface area contributed by atoms with E-state index in [0.29, 0.717) is 12.8 Å². The lowest BCUT2D eigenvalue weighted by Crippen LogP contribution is -2.33. The quantitative estimate of drug-likeness (QED) is 0.751. The second kappa shape index (κ2) is 5.84. The van der Waals surface area contributed by atoms with Crippen LogP contribution in [-0.4, -0.2) is 11.7 Å². The number of aryl methyl sites for hydroxylation is 1. The highest BCUT2D eigenvalue weighted by Gasteiger charge is 2.33. The predicted molar refractivity (Wildman–Crippen MR) is 69.1 cm³/mol. The highest BCUT2D eigenvalue weighted by atomic mass is 35.5. The molecule has 0 aliphatic heterocycles. The van der Waals surface area contributed by atoms with Crippen LogP contribution in [0, 0.1) is 18.3 Å². The van der Waals surface area contributed by atoms with Crippen LogP contribution < -0.4 is 0 Å². The Morgan fingerprint density at radius 2 is 2.24 bits per heavy atom. The summed E-state index contributed by atoms with van der Waals surface area (Å²) in [6.07, 6.45) is 0.867. The molecule has 0 bridgehead atoms. The molecule has 1 unspecified atom stereocenters. The zero-order valence-corrected chi connectivity index (χ0v) is 10.9. The Hall–Kier alpha value is -1.33. The minimum absolute atomic E-state index is 0.0180. The first-order valence-electron chi connectivity index (χ1n) is 5.58. The van der Waals surface area contributed by atoms with Gasteiger partial charge in [-0.2, -0.15) is 5.26 Å². The summed E-state index contributed by atoms with van der Waals surface area (Å²) < 4.78 is 0. The zero-order chi connectivity index (χ0) is 12.9. The first-order valence-corrected chi connectivity index (χ1v) is 6.11. The van der Waals surface area contributed by atoms with E-state index in [1.807, 2.05) is 38.1 Å². The molecule has 0 N–H and O–H groups in total. The molecule has 0 fully saturated rings. The largest absolute Gasteiger partial charge is 0.297 e. The summed E-state index contributed by atoms with van der Waals surface area (Å²) in [5, 5.41) is 8.69. The van der Waals surface area contributed by atoms with Crippen LogP contribution >= 0.6 is 11.6 Å². The molecule has 17 heavy (non-hydrogen) atoms. The summed E-state index contributed by atoms with van der Waals surface area (Å²) >= 11 is 5.67. The lowest BCUT2D eigenvalue weighted by atomic mass is 9.75. The minimum atomic E-state index is -0.649. The molecule has 0 aliphatic rings. The van der Waals surface area contributed by atoms with E-state index in [9.17, 15) is 4.79 Å². The number of nitrogens with zero attached hydrogens (tertiary/aromatic N) is 1. The molecule has 0 amide bonds. The summed E-state index contributed by atoms with van der Waals surface area (Å²) in [5.74, 6) is -0.0457. The Bertz CT molecular complexity index is 450. The van der Waals surface area contributed by atoms with Crippen molar-refractivity contribution in [3.8, 4) is 6.07 Å². The van der Waals surface area contributed by atoms with Gasteiger partial charge in [0.1, 0.15) is 0 Å². The first kappa shape index (κ1) is 13.7. The van der Waals surface area contributed by atoms with E-state index < -0.39 is 5.41 Å². The summed E-state index contributed by atoms with van der Waals surface area (Å²) in [7, 11) is 0. The van der Waals surface area contributed by atoms with Crippen LogP contribution in [0.5, 0.6) is 0 Å². The van der Waals surface area contributed by atoms with E-state index in [-0.39, 0.29) is 11.7 Å². The van der Waals surface area contributed by atoms with Crippen molar-refractivity contribution in [1.82, 2.24) is 0 Å². The fraction of sp³-hybridized carbons (Fsp3) is 0.429.